The molecule has 0 unspecified atom stereocenters. The first-order valence-electron chi connectivity index (χ1n) is 6.29. The fourth-order valence-corrected chi connectivity index (χ4v) is 1.84. The van der Waals surface area contributed by atoms with Gasteiger partial charge in [-0.25, -0.2) is 0 Å². The van der Waals surface area contributed by atoms with Gasteiger partial charge < -0.3 is 10.5 Å². The third kappa shape index (κ3) is 3.13. The van der Waals surface area contributed by atoms with Crippen LogP contribution in [0.5, 0.6) is 11.5 Å². The first-order valence-corrected chi connectivity index (χ1v) is 6.29. The van der Waals surface area contributed by atoms with Crippen LogP contribution in [0.25, 0.3) is 0 Å². The lowest BCUT2D eigenvalue weighted by atomic mass is 10.0. The molecule has 0 aliphatic carbocycles. The Balaban J connectivity index is 2.31. The molecule has 0 amide bonds. The molecule has 0 saturated carbocycles. The molecule has 3 heteroatoms. The molecule has 0 saturated heterocycles. The van der Waals surface area contributed by atoms with Crippen molar-refractivity contribution in [2.75, 3.05) is 0 Å². The second-order valence-electron chi connectivity index (χ2n) is 4.74. The molecule has 0 aliphatic heterocycles. The second kappa shape index (κ2) is 5.57. The molecule has 3 N–H and O–H groups in total. The fourth-order valence-electron chi connectivity index (χ4n) is 1.84. The predicted molar refractivity (Wildman–Crippen MR) is 78.1 cm³/mol. The molecule has 0 bridgehead atoms. The molecule has 3 nitrogen and oxygen atoms in total. The molecule has 0 aliphatic rings. The standard InChI is InChI=1S/C16H18N2O/c1-11(2)12-6-5-7-13(10-12)19-15-9-4-3-8-14(15)16(17)18/h3-11H,1-2H3,(H3,17,18). The largest absolute Gasteiger partial charge is 0.457 e. The quantitative estimate of drug-likeness (QED) is 0.642. The van der Waals surface area contributed by atoms with Gasteiger partial charge in [0.15, 0.2) is 0 Å². The Labute approximate surface area is 113 Å². The van der Waals surface area contributed by atoms with E-state index in [4.69, 9.17) is 15.9 Å². The van der Waals surface area contributed by atoms with E-state index in [-0.39, 0.29) is 5.84 Å². The van der Waals surface area contributed by atoms with Crippen LogP contribution in [-0.2, 0) is 0 Å². The van der Waals surface area contributed by atoms with Gasteiger partial charge in [-0.2, -0.15) is 0 Å². The van der Waals surface area contributed by atoms with E-state index in [1.165, 1.54) is 5.56 Å². The third-order valence-electron chi connectivity index (χ3n) is 2.93. The van der Waals surface area contributed by atoms with Crippen molar-refractivity contribution in [3.05, 3.63) is 59.7 Å². The summed E-state index contributed by atoms with van der Waals surface area (Å²) in [6.07, 6.45) is 0. The predicted octanol–water partition coefficient (Wildman–Crippen LogP) is 3.89. The monoisotopic (exact) mass is 254 g/mol. The maximum Gasteiger partial charge on any atom is 0.138 e. The lowest BCUT2D eigenvalue weighted by molar-refractivity contribution is 0.480. The number of benzene rings is 2. The minimum Gasteiger partial charge on any atom is -0.457 e. The Morgan fingerprint density at radius 1 is 1.11 bits per heavy atom. The van der Waals surface area contributed by atoms with E-state index < -0.39 is 0 Å². The number of amidine groups is 1. The van der Waals surface area contributed by atoms with Gasteiger partial charge in [-0.15, -0.1) is 0 Å². The average Bonchev–Trinajstić information content (AvgIpc) is 2.39. The van der Waals surface area contributed by atoms with E-state index in [0.29, 0.717) is 17.2 Å². The summed E-state index contributed by atoms with van der Waals surface area (Å²) in [5.74, 6) is 1.83. The average molecular weight is 254 g/mol. The molecule has 19 heavy (non-hydrogen) atoms. The zero-order valence-electron chi connectivity index (χ0n) is 11.2. The molecule has 98 valence electrons. The zero-order chi connectivity index (χ0) is 13.8. The van der Waals surface area contributed by atoms with Gasteiger partial charge in [-0.3, -0.25) is 5.41 Å². The normalized spacial score (nSPS) is 10.5. The van der Waals surface area contributed by atoms with Crippen molar-refractivity contribution in [2.24, 2.45) is 5.73 Å². The van der Waals surface area contributed by atoms with E-state index in [9.17, 15) is 0 Å². The minimum absolute atomic E-state index is 0.00983. The maximum absolute atomic E-state index is 7.55. The van der Waals surface area contributed by atoms with Crippen molar-refractivity contribution in [3.8, 4) is 11.5 Å². The molecular formula is C16H18N2O. The number of nitrogen functional groups attached to an aromatic ring is 1. The van der Waals surface area contributed by atoms with Crippen LogP contribution in [0, 0.1) is 5.41 Å². The first-order chi connectivity index (χ1) is 9.08. The molecule has 0 fully saturated rings. The Bertz CT molecular complexity index is 591. The van der Waals surface area contributed by atoms with E-state index in [1.807, 2.05) is 36.4 Å². The van der Waals surface area contributed by atoms with Crippen LogP contribution >= 0.6 is 0 Å². The Morgan fingerprint density at radius 3 is 2.53 bits per heavy atom. The Kier molecular flexibility index (Phi) is 3.85. The molecule has 0 spiro atoms. The molecule has 0 radical (unpaired) electrons. The lowest BCUT2D eigenvalue weighted by Crippen LogP contribution is -2.12. The summed E-state index contributed by atoms with van der Waals surface area (Å²) in [7, 11) is 0. The molecule has 0 aromatic heterocycles. The van der Waals surface area contributed by atoms with Crippen molar-refractivity contribution in [1.82, 2.24) is 0 Å². The first kappa shape index (κ1) is 13.1. The third-order valence-corrected chi connectivity index (χ3v) is 2.93. The van der Waals surface area contributed by atoms with Crippen LogP contribution in [0.4, 0.5) is 0 Å². The van der Waals surface area contributed by atoms with E-state index in [0.717, 1.165) is 5.75 Å². The summed E-state index contributed by atoms with van der Waals surface area (Å²) in [6.45, 7) is 4.28. The van der Waals surface area contributed by atoms with Crippen LogP contribution < -0.4 is 10.5 Å². The Hall–Kier alpha value is -2.29. The van der Waals surface area contributed by atoms with Crippen molar-refractivity contribution in [2.45, 2.75) is 19.8 Å². The topological polar surface area (TPSA) is 59.1 Å². The van der Waals surface area contributed by atoms with Crippen molar-refractivity contribution < 1.29 is 4.74 Å². The van der Waals surface area contributed by atoms with Crippen LogP contribution in [-0.4, -0.2) is 5.84 Å². The fraction of sp³-hybridized carbons (Fsp3) is 0.188. The number of rotatable bonds is 4. The highest BCUT2D eigenvalue weighted by molar-refractivity contribution is 5.97. The number of hydrogen-bond acceptors (Lipinski definition) is 2. The van der Waals surface area contributed by atoms with E-state index in [2.05, 4.69) is 19.9 Å². The molecule has 2 rings (SSSR count). The molecule has 0 heterocycles. The van der Waals surface area contributed by atoms with Gasteiger partial charge in [0.05, 0.1) is 5.56 Å². The van der Waals surface area contributed by atoms with E-state index >= 15 is 0 Å². The number of nitrogens with two attached hydrogens (primary N) is 1. The van der Waals surface area contributed by atoms with Crippen molar-refractivity contribution in [1.29, 1.82) is 5.41 Å². The van der Waals surface area contributed by atoms with Crippen LogP contribution in [0.2, 0.25) is 0 Å². The van der Waals surface area contributed by atoms with Crippen LogP contribution in [0.1, 0.15) is 30.9 Å². The van der Waals surface area contributed by atoms with Crippen LogP contribution in [0.15, 0.2) is 48.5 Å². The van der Waals surface area contributed by atoms with Crippen molar-refractivity contribution >= 4 is 5.84 Å². The summed E-state index contributed by atoms with van der Waals surface area (Å²) in [5.41, 5.74) is 7.38. The van der Waals surface area contributed by atoms with E-state index in [1.54, 1.807) is 6.07 Å². The summed E-state index contributed by atoms with van der Waals surface area (Å²) in [6, 6.07) is 15.3. The van der Waals surface area contributed by atoms with Gasteiger partial charge in [0, 0.05) is 0 Å². The molecule has 2 aromatic carbocycles. The SMILES string of the molecule is CC(C)c1cccc(Oc2ccccc2C(=N)N)c1. The summed E-state index contributed by atoms with van der Waals surface area (Å²) in [5, 5.41) is 7.55. The van der Waals surface area contributed by atoms with Gasteiger partial charge in [-0.05, 0) is 35.7 Å². The molecule has 2 aromatic rings. The highest BCUT2D eigenvalue weighted by atomic mass is 16.5. The van der Waals surface area contributed by atoms with Gasteiger partial charge in [-0.1, -0.05) is 38.1 Å². The van der Waals surface area contributed by atoms with Crippen molar-refractivity contribution in [3.63, 3.8) is 0 Å². The number of hydrogen-bond donors (Lipinski definition) is 2. The summed E-state index contributed by atoms with van der Waals surface area (Å²) >= 11 is 0. The molecular weight excluding hydrogens is 236 g/mol. The Morgan fingerprint density at radius 2 is 1.84 bits per heavy atom. The van der Waals surface area contributed by atoms with Gasteiger partial charge in [0.2, 0.25) is 0 Å². The van der Waals surface area contributed by atoms with Gasteiger partial charge in [0.25, 0.3) is 0 Å². The summed E-state index contributed by atoms with van der Waals surface area (Å²) < 4.78 is 5.84. The van der Waals surface area contributed by atoms with Gasteiger partial charge >= 0.3 is 0 Å². The number of ether oxygens (including phenoxy) is 1. The number of nitrogens with one attached hydrogen (secondary N) is 1. The second-order valence-corrected chi connectivity index (χ2v) is 4.74. The summed E-state index contributed by atoms with van der Waals surface area (Å²) in [4.78, 5) is 0. The molecule has 0 atom stereocenters. The lowest BCUT2D eigenvalue weighted by Gasteiger charge is -2.12. The van der Waals surface area contributed by atoms with Crippen LogP contribution in [0.3, 0.4) is 0 Å². The highest BCUT2D eigenvalue weighted by Crippen LogP contribution is 2.27. The smallest absolute Gasteiger partial charge is 0.138 e. The van der Waals surface area contributed by atoms with Gasteiger partial charge in [0.1, 0.15) is 17.3 Å². The maximum atomic E-state index is 7.55. The minimum atomic E-state index is 0.00983. The number of para-hydroxylation sites is 1. The highest BCUT2D eigenvalue weighted by Gasteiger charge is 2.07. The zero-order valence-corrected chi connectivity index (χ0v) is 11.2.